The van der Waals surface area contributed by atoms with Crippen molar-refractivity contribution in [1.82, 2.24) is 9.80 Å². The van der Waals surface area contributed by atoms with E-state index in [0.29, 0.717) is 19.4 Å². The molecule has 1 atom stereocenters. The first-order valence-electron chi connectivity index (χ1n) is 7.39. The first-order chi connectivity index (χ1) is 9.69. The molecule has 1 aromatic rings. The normalized spacial score (nSPS) is 18.2. The molecule has 0 spiro atoms. The van der Waals surface area contributed by atoms with E-state index in [9.17, 15) is 9.90 Å². The van der Waals surface area contributed by atoms with Gasteiger partial charge in [-0.1, -0.05) is 6.92 Å². The number of furan rings is 1. The number of nitrogens with zero attached hydrogens (tertiary/aromatic N) is 2. The van der Waals surface area contributed by atoms with E-state index in [-0.39, 0.29) is 12.0 Å². The van der Waals surface area contributed by atoms with Gasteiger partial charge in [-0.05, 0) is 18.6 Å². The van der Waals surface area contributed by atoms with E-state index in [0.717, 1.165) is 38.4 Å². The standard InChI is InChI=1S/C15H24N2O3/c1-2-13(18)12-16-7-9-17(10-8-16)15(19)6-5-14-4-3-11-20-14/h3-4,11,13,18H,2,5-10,12H2,1H3. The molecule has 1 aliphatic rings. The highest BCUT2D eigenvalue weighted by Gasteiger charge is 2.21. The molecule has 1 saturated heterocycles. The summed E-state index contributed by atoms with van der Waals surface area (Å²) in [5, 5.41) is 9.64. The van der Waals surface area contributed by atoms with Crippen LogP contribution < -0.4 is 0 Å². The summed E-state index contributed by atoms with van der Waals surface area (Å²) in [5.41, 5.74) is 0. The van der Waals surface area contributed by atoms with Crippen LogP contribution in [0.5, 0.6) is 0 Å². The van der Waals surface area contributed by atoms with Gasteiger partial charge in [0.25, 0.3) is 0 Å². The second-order valence-corrected chi connectivity index (χ2v) is 5.32. The SMILES string of the molecule is CCC(O)CN1CCN(C(=O)CCc2ccco2)CC1. The van der Waals surface area contributed by atoms with Crippen LogP contribution in [0, 0.1) is 0 Å². The van der Waals surface area contributed by atoms with Gasteiger partial charge in [0.05, 0.1) is 12.4 Å². The van der Waals surface area contributed by atoms with Gasteiger partial charge in [-0.3, -0.25) is 9.69 Å². The van der Waals surface area contributed by atoms with E-state index < -0.39 is 0 Å². The Hall–Kier alpha value is -1.33. The molecule has 1 aliphatic heterocycles. The summed E-state index contributed by atoms with van der Waals surface area (Å²) in [6.07, 6.45) is 3.34. The van der Waals surface area contributed by atoms with E-state index in [4.69, 9.17) is 4.42 Å². The Labute approximate surface area is 120 Å². The molecule has 112 valence electrons. The molecule has 1 unspecified atom stereocenters. The highest BCUT2D eigenvalue weighted by Crippen LogP contribution is 2.09. The molecule has 0 radical (unpaired) electrons. The summed E-state index contributed by atoms with van der Waals surface area (Å²) in [5.74, 6) is 1.06. The highest BCUT2D eigenvalue weighted by molar-refractivity contribution is 5.76. The number of aryl methyl sites for hydroxylation is 1. The number of aliphatic hydroxyl groups is 1. The molecule has 20 heavy (non-hydrogen) atoms. The van der Waals surface area contributed by atoms with E-state index in [1.807, 2.05) is 24.0 Å². The number of amides is 1. The van der Waals surface area contributed by atoms with Gasteiger partial charge in [-0.15, -0.1) is 0 Å². The Morgan fingerprint density at radius 1 is 1.40 bits per heavy atom. The minimum atomic E-state index is -0.254. The highest BCUT2D eigenvalue weighted by atomic mass is 16.3. The van der Waals surface area contributed by atoms with E-state index >= 15 is 0 Å². The van der Waals surface area contributed by atoms with Gasteiger partial charge in [-0.2, -0.15) is 0 Å². The summed E-state index contributed by atoms with van der Waals surface area (Å²) in [4.78, 5) is 16.2. The molecular weight excluding hydrogens is 256 g/mol. The summed E-state index contributed by atoms with van der Waals surface area (Å²) >= 11 is 0. The van der Waals surface area contributed by atoms with E-state index in [1.165, 1.54) is 0 Å². The maximum atomic E-state index is 12.1. The predicted octanol–water partition coefficient (Wildman–Crippen LogP) is 1.13. The number of rotatable bonds is 6. The topological polar surface area (TPSA) is 56.9 Å². The van der Waals surface area contributed by atoms with Crippen LogP contribution in [-0.4, -0.2) is 59.6 Å². The number of β-amino-alcohol motifs (C(OH)–C–C–N with tert-alkyl or cyclic N) is 1. The van der Waals surface area contributed by atoms with E-state index in [2.05, 4.69) is 4.90 Å². The molecule has 2 rings (SSSR count). The molecule has 5 heteroatoms. The Bertz CT molecular complexity index is 397. The van der Waals surface area contributed by atoms with Crippen molar-refractivity contribution in [1.29, 1.82) is 0 Å². The summed E-state index contributed by atoms with van der Waals surface area (Å²) in [6.45, 7) is 5.91. The third-order valence-corrected chi connectivity index (χ3v) is 3.83. The predicted molar refractivity (Wildman–Crippen MR) is 76.3 cm³/mol. The summed E-state index contributed by atoms with van der Waals surface area (Å²) < 4.78 is 5.24. The van der Waals surface area contributed by atoms with Crippen LogP contribution in [0.1, 0.15) is 25.5 Å². The largest absolute Gasteiger partial charge is 0.469 e. The van der Waals surface area contributed by atoms with Gasteiger partial charge in [-0.25, -0.2) is 0 Å². The Kier molecular flexibility index (Phi) is 5.61. The second-order valence-electron chi connectivity index (χ2n) is 5.32. The van der Waals surface area contributed by atoms with Crippen LogP contribution >= 0.6 is 0 Å². The molecule has 1 aromatic heterocycles. The van der Waals surface area contributed by atoms with Crippen LogP contribution in [0.2, 0.25) is 0 Å². The summed E-state index contributed by atoms with van der Waals surface area (Å²) in [6, 6.07) is 3.75. The third-order valence-electron chi connectivity index (χ3n) is 3.83. The van der Waals surface area contributed by atoms with Gasteiger partial charge < -0.3 is 14.4 Å². The van der Waals surface area contributed by atoms with Gasteiger partial charge in [0, 0.05) is 45.6 Å². The third kappa shape index (κ3) is 4.35. The van der Waals surface area contributed by atoms with Crippen molar-refractivity contribution >= 4 is 5.91 Å². The van der Waals surface area contributed by atoms with Crippen molar-refractivity contribution in [3.8, 4) is 0 Å². The van der Waals surface area contributed by atoms with Gasteiger partial charge in [0.2, 0.25) is 5.91 Å². The van der Waals surface area contributed by atoms with Crippen LogP contribution in [0.4, 0.5) is 0 Å². The monoisotopic (exact) mass is 280 g/mol. The van der Waals surface area contributed by atoms with Crippen LogP contribution in [0.25, 0.3) is 0 Å². The lowest BCUT2D eigenvalue weighted by Gasteiger charge is -2.35. The molecule has 0 aromatic carbocycles. The molecule has 0 bridgehead atoms. The second kappa shape index (κ2) is 7.45. The summed E-state index contributed by atoms with van der Waals surface area (Å²) in [7, 11) is 0. The first-order valence-corrected chi connectivity index (χ1v) is 7.39. The van der Waals surface area contributed by atoms with Crippen LogP contribution in [0.3, 0.4) is 0 Å². The number of carbonyl (C=O) groups excluding carboxylic acids is 1. The van der Waals surface area contributed by atoms with Crippen molar-refractivity contribution in [2.75, 3.05) is 32.7 Å². The number of hydrogen-bond donors (Lipinski definition) is 1. The molecule has 2 heterocycles. The van der Waals surface area contributed by atoms with Crippen molar-refractivity contribution in [3.63, 3.8) is 0 Å². The first kappa shape index (κ1) is 15.1. The Morgan fingerprint density at radius 2 is 2.15 bits per heavy atom. The van der Waals surface area contributed by atoms with Crippen molar-refractivity contribution in [3.05, 3.63) is 24.2 Å². The lowest BCUT2D eigenvalue weighted by Crippen LogP contribution is -2.50. The van der Waals surface area contributed by atoms with Crippen LogP contribution in [0.15, 0.2) is 22.8 Å². The molecule has 1 fully saturated rings. The zero-order chi connectivity index (χ0) is 14.4. The Balaban J connectivity index is 1.69. The molecule has 1 amide bonds. The molecule has 0 saturated carbocycles. The van der Waals surface area contributed by atoms with Gasteiger partial charge in [0.1, 0.15) is 5.76 Å². The maximum absolute atomic E-state index is 12.1. The van der Waals surface area contributed by atoms with Crippen LogP contribution in [-0.2, 0) is 11.2 Å². The van der Waals surface area contributed by atoms with Crippen molar-refractivity contribution < 1.29 is 14.3 Å². The fourth-order valence-electron chi connectivity index (χ4n) is 2.45. The molecule has 5 nitrogen and oxygen atoms in total. The Morgan fingerprint density at radius 3 is 2.75 bits per heavy atom. The number of piperazine rings is 1. The quantitative estimate of drug-likeness (QED) is 0.848. The molecular formula is C15H24N2O3. The van der Waals surface area contributed by atoms with Crippen molar-refractivity contribution in [2.24, 2.45) is 0 Å². The fraction of sp³-hybridized carbons (Fsp3) is 0.667. The fourth-order valence-corrected chi connectivity index (χ4v) is 2.45. The minimum absolute atomic E-state index is 0.192. The zero-order valence-electron chi connectivity index (χ0n) is 12.1. The van der Waals surface area contributed by atoms with Crippen molar-refractivity contribution in [2.45, 2.75) is 32.3 Å². The number of hydrogen-bond acceptors (Lipinski definition) is 4. The minimum Gasteiger partial charge on any atom is -0.469 e. The molecule has 0 aliphatic carbocycles. The maximum Gasteiger partial charge on any atom is 0.223 e. The van der Waals surface area contributed by atoms with E-state index in [1.54, 1.807) is 6.26 Å². The lowest BCUT2D eigenvalue weighted by molar-refractivity contribution is -0.133. The average molecular weight is 280 g/mol. The van der Waals surface area contributed by atoms with Gasteiger partial charge in [0.15, 0.2) is 0 Å². The number of aliphatic hydroxyl groups excluding tert-OH is 1. The molecule has 1 N–H and O–H groups in total. The van der Waals surface area contributed by atoms with Gasteiger partial charge >= 0.3 is 0 Å². The number of carbonyl (C=O) groups is 1. The zero-order valence-corrected chi connectivity index (χ0v) is 12.1. The average Bonchev–Trinajstić information content (AvgIpc) is 2.98. The lowest BCUT2D eigenvalue weighted by atomic mass is 10.2. The smallest absolute Gasteiger partial charge is 0.223 e.